The maximum Gasteiger partial charge on any atom is 0.330 e. The van der Waals surface area contributed by atoms with Gasteiger partial charge in [0.15, 0.2) is 0 Å². The minimum atomic E-state index is -0.935. The van der Waals surface area contributed by atoms with Crippen molar-refractivity contribution < 1.29 is 58.0 Å². The lowest BCUT2D eigenvalue weighted by Gasteiger charge is -2.17. The predicted molar refractivity (Wildman–Crippen MR) is 138 cm³/mol. The summed E-state index contributed by atoms with van der Waals surface area (Å²) >= 11 is 0. The van der Waals surface area contributed by atoms with Crippen LogP contribution < -0.4 is 4.74 Å². The van der Waals surface area contributed by atoms with Gasteiger partial charge in [-0.25, -0.2) is 4.79 Å². The third kappa shape index (κ3) is 25.5. The molecule has 0 amide bonds. The molecule has 0 aromatic heterocycles. The van der Waals surface area contributed by atoms with Crippen molar-refractivity contribution in [1.82, 2.24) is 0 Å². The largest absolute Gasteiger partial charge is 0.478 e. The fourth-order valence-electron chi connectivity index (χ4n) is 2.28. The van der Waals surface area contributed by atoms with Gasteiger partial charge in [-0.15, -0.1) is 0 Å². The van der Waals surface area contributed by atoms with Gasteiger partial charge < -0.3 is 53.2 Å². The quantitative estimate of drug-likeness (QED) is 0.0913. The average Bonchev–Trinajstić information content (AvgIpc) is 2.92. The molecule has 0 aliphatic heterocycles. The maximum absolute atomic E-state index is 9.60. The van der Waals surface area contributed by atoms with Gasteiger partial charge in [0.2, 0.25) is 6.29 Å². The summed E-state index contributed by atoms with van der Waals surface area (Å²) in [6.07, 6.45) is -0.720. The molecule has 1 aromatic rings. The number of ether oxygens (including phenoxy) is 8. The summed E-state index contributed by atoms with van der Waals surface area (Å²) in [5, 5.41) is 25.7. The average molecular weight is 549 g/mol. The van der Waals surface area contributed by atoms with E-state index >= 15 is 0 Å². The van der Waals surface area contributed by atoms with Crippen molar-refractivity contribution in [3.05, 3.63) is 42.5 Å². The Bertz CT molecular complexity index is 647. The van der Waals surface area contributed by atoms with Gasteiger partial charge >= 0.3 is 5.97 Å². The van der Waals surface area contributed by atoms with E-state index in [4.69, 9.17) is 48.1 Å². The van der Waals surface area contributed by atoms with Crippen LogP contribution in [-0.2, 0) is 38.0 Å². The van der Waals surface area contributed by atoms with E-state index in [1.165, 1.54) is 6.92 Å². The van der Waals surface area contributed by atoms with E-state index in [0.717, 1.165) is 0 Å². The molecule has 38 heavy (non-hydrogen) atoms. The zero-order valence-electron chi connectivity index (χ0n) is 22.3. The van der Waals surface area contributed by atoms with Crippen LogP contribution in [0.4, 0.5) is 0 Å². The number of aliphatic hydroxyl groups is 2. The molecule has 0 saturated carbocycles. The second-order valence-corrected chi connectivity index (χ2v) is 7.40. The first-order valence-corrected chi connectivity index (χ1v) is 12.4. The Morgan fingerprint density at radius 1 is 0.711 bits per heavy atom. The van der Waals surface area contributed by atoms with Crippen LogP contribution in [0.5, 0.6) is 5.75 Å². The first-order valence-electron chi connectivity index (χ1n) is 12.4. The molecule has 0 fully saturated rings. The Morgan fingerprint density at radius 3 is 1.42 bits per heavy atom. The summed E-state index contributed by atoms with van der Waals surface area (Å²) in [7, 11) is 0. The summed E-state index contributed by atoms with van der Waals surface area (Å²) in [5.74, 6) is -0.296. The SMILES string of the molecule is C=C(C)C(=O)O.OCCOCCOCCOCCOCCOCCOCCOC(CO)Oc1ccccc1. The Morgan fingerprint density at radius 2 is 1.08 bits per heavy atom. The van der Waals surface area contributed by atoms with Gasteiger partial charge in [-0.2, -0.15) is 0 Å². The molecule has 0 saturated heterocycles. The highest BCUT2D eigenvalue weighted by Gasteiger charge is 2.08. The number of hydrogen-bond donors (Lipinski definition) is 3. The molecule has 0 bridgehead atoms. The van der Waals surface area contributed by atoms with Crippen LogP contribution in [0.1, 0.15) is 6.92 Å². The fourth-order valence-corrected chi connectivity index (χ4v) is 2.28. The van der Waals surface area contributed by atoms with Crippen LogP contribution in [-0.4, -0.2) is 127 Å². The van der Waals surface area contributed by atoms with Crippen molar-refractivity contribution in [2.24, 2.45) is 0 Å². The first kappa shape index (κ1) is 35.9. The molecule has 0 aliphatic rings. The normalized spacial score (nSPS) is 11.4. The standard InChI is InChI=1S/C22H38O10.C4H6O2/c23-6-7-25-8-9-26-10-11-27-12-13-28-14-15-29-16-17-30-18-19-31-22(20-24)32-21-4-2-1-3-5-21;1-3(2)4(5)6/h1-5,22-24H,6-20H2;1H2,2H3,(H,5,6). The first-order chi connectivity index (χ1) is 18.5. The van der Waals surface area contributed by atoms with Crippen molar-refractivity contribution >= 4 is 5.97 Å². The summed E-state index contributed by atoms with van der Waals surface area (Å²) in [4.78, 5) is 9.60. The molecule has 12 nitrogen and oxygen atoms in total. The van der Waals surface area contributed by atoms with Crippen molar-refractivity contribution in [3.63, 3.8) is 0 Å². The third-order valence-electron chi connectivity index (χ3n) is 4.15. The van der Waals surface area contributed by atoms with Crippen molar-refractivity contribution in [3.8, 4) is 5.75 Å². The Balaban J connectivity index is 0.00000203. The Kier molecular flexibility index (Phi) is 26.3. The number of para-hydroxylation sites is 1. The number of hydrogen-bond acceptors (Lipinski definition) is 11. The monoisotopic (exact) mass is 548 g/mol. The number of aliphatic hydroxyl groups excluding tert-OH is 2. The topological polar surface area (TPSA) is 152 Å². The molecule has 3 N–H and O–H groups in total. The number of carboxylic acids is 1. The van der Waals surface area contributed by atoms with Gasteiger partial charge in [0.05, 0.1) is 92.5 Å². The molecular weight excluding hydrogens is 504 g/mol. The molecule has 0 radical (unpaired) electrons. The second-order valence-electron chi connectivity index (χ2n) is 7.40. The summed E-state index contributed by atoms with van der Waals surface area (Å²) < 4.78 is 42.9. The van der Waals surface area contributed by atoms with Crippen molar-refractivity contribution in [2.75, 3.05) is 99.1 Å². The van der Waals surface area contributed by atoms with Gasteiger partial charge in [0.25, 0.3) is 0 Å². The summed E-state index contributed by atoms with van der Waals surface area (Å²) in [6, 6.07) is 9.19. The Hall–Kier alpha value is -2.13. The Labute approximate surface area is 224 Å². The lowest BCUT2D eigenvalue weighted by atomic mass is 10.3. The molecular formula is C26H44O12. The van der Waals surface area contributed by atoms with Crippen LogP contribution in [0.3, 0.4) is 0 Å². The second kappa shape index (κ2) is 27.9. The van der Waals surface area contributed by atoms with E-state index in [-0.39, 0.29) is 18.8 Å². The highest BCUT2D eigenvalue weighted by atomic mass is 16.7. The number of aliphatic carboxylic acids is 1. The van der Waals surface area contributed by atoms with Crippen LogP contribution in [0.2, 0.25) is 0 Å². The van der Waals surface area contributed by atoms with E-state index in [9.17, 15) is 9.90 Å². The molecule has 1 rings (SSSR count). The van der Waals surface area contributed by atoms with E-state index in [0.29, 0.717) is 91.6 Å². The lowest BCUT2D eigenvalue weighted by molar-refractivity contribution is -0.132. The van der Waals surface area contributed by atoms with Gasteiger partial charge in [-0.05, 0) is 19.1 Å². The highest BCUT2D eigenvalue weighted by Crippen LogP contribution is 2.11. The summed E-state index contributed by atoms with van der Waals surface area (Å²) in [5.41, 5.74) is 0.176. The number of benzene rings is 1. The fraction of sp³-hybridized carbons (Fsp3) is 0.654. The number of rotatable bonds is 25. The third-order valence-corrected chi connectivity index (χ3v) is 4.15. The van der Waals surface area contributed by atoms with E-state index in [1.807, 2.05) is 18.2 Å². The molecule has 1 atom stereocenters. The van der Waals surface area contributed by atoms with Crippen molar-refractivity contribution in [1.29, 1.82) is 0 Å². The molecule has 0 heterocycles. The lowest BCUT2D eigenvalue weighted by Crippen LogP contribution is -2.26. The van der Waals surface area contributed by atoms with Crippen LogP contribution >= 0.6 is 0 Å². The molecule has 220 valence electrons. The molecule has 1 aromatic carbocycles. The van der Waals surface area contributed by atoms with Crippen LogP contribution in [0.15, 0.2) is 42.5 Å². The zero-order valence-corrected chi connectivity index (χ0v) is 22.3. The van der Waals surface area contributed by atoms with Crippen LogP contribution in [0.25, 0.3) is 0 Å². The molecule has 1 unspecified atom stereocenters. The maximum atomic E-state index is 9.60. The molecule has 0 spiro atoms. The van der Waals surface area contributed by atoms with Gasteiger partial charge in [0, 0.05) is 5.57 Å². The van der Waals surface area contributed by atoms with Gasteiger partial charge in [-0.1, -0.05) is 24.8 Å². The van der Waals surface area contributed by atoms with Crippen molar-refractivity contribution in [2.45, 2.75) is 13.2 Å². The molecule has 12 heteroatoms. The smallest absolute Gasteiger partial charge is 0.330 e. The summed E-state index contributed by atoms with van der Waals surface area (Å²) in [6.45, 7) is 10.2. The minimum absolute atomic E-state index is 0.0237. The van der Waals surface area contributed by atoms with E-state index in [2.05, 4.69) is 6.58 Å². The highest BCUT2D eigenvalue weighted by molar-refractivity contribution is 5.84. The van der Waals surface area contributed by atoms with E-state index in [1.54, 1.807) is 12.1 Å². The van der Waals surface area contributed by atoms with E-state index < -0.39 is 12.3 Å². The van der Waals surface area contributed by atoms with Crippen LogP contribution in [0, 0.1) is 0 Å². The number of carbonyl (C=O) groups is 1. The number of carboxylic acid groups (broad SMARTS) is 1. The minimum Gasteiger partial charge on any atom is -0.478 e. The predicted octanol–water partition coefficient (Wildman–Crippen LogP) is 1.14. The van der Waals surface area contributed by atoms with Gasteiger partial charge in [-0.3, -0.25) is 0 Å². The van der Waals surface area contributed by atoms with Gasteiger partial charge in [0.1, 0.15) is 12.4 Å². The molecule has 0 aliphatic carbocycles. The zero-order chi connectivity index (χ0) is 28.1.